The third-order valence-corrected chi connectivity index (χ3v) is 4.70. The van der Waals surface area contributed by atoms with Crippen LogP contribution in [0.1, 0.15) is 39.0 Å². The highest BCUT2D eigenvalue weighted by atomic mass is 15.1. The van der Waals surface area contributed by atoms with Gasteiger partial charge in [0.05, 0.1) is 17.4 Å². The van der Waals surface area contributed by atoms with E-state index in [1.807, 2.05) is 12.4 Å². The second-order valence-electron chi connectivity index (χ2n) is 6.07. The zero-order valence-corrected chi connectivity index (χ0v) is 12.4. The fraction of sp³-hybridized carbons (Fsp3) is 0.588. The van der Waals surface area contributed by atoms with Crippen LogP contribution in [0.2, 0.25) is 0 Å². The first-order valence-corrected chi connectivity index (χ1v) is 7.98. The fourth-order valence-corrected chi connectivity index (χ4v) is 3.40. The zero-order chi connectivity index (χ0) is 13.8. The Bertz CT molecular complexity index is 540. The van der Waals surface area contributed by atoms with Crippen molar-refractivity contribution in [3.8, 4) is 0 Å². The monoisotopic (exact) mass is 271 g/mol. The van der Waals surface area contributed by atoms with Crippen LogP contribution in [0, 0.1) is 5.92 Å². The summed E-state index contributed by atoms with van der Waals surface area (Å²) >= 11 is 0. The summed E-state index contributed by atoms with van der Waals surface area (Å²) < 4.78 is 2.25. The number of nitrogens with one attached hydrogen (secondary N) is 1. The molecule has 1 saturated carbocycles. The molecule has 3 heteroatoms. The van der Waals surface area contributed by atoms with Crippen LogP contribution in [0.15, 0.2) is 30.6 Å². The van der Waals surface area contributed by atoms with E-state index in [1.54, 1.807) is 0 Å². The van der Waals surface area contributed by atoms with Crippen LogP contribution in [0.5, 0.6) is 0 Å². The van der Waals surface area contributed by atoms with E-state index in [-0.39, 0.29) is 0 Å². The zero-order valence-electron chi connectivity index (χ0n) is 12.4. The molecule has 0 bridgehead atoms. The number of hydrogen-bond donors (Lipinski definition) is 1. The summed E-state index contributed by atoms with van der Waals surface area (Å²) in [6.45, 7) is 4.37. The van der Waals surface area contributed by atoms with Gasteiger partial charge in [-0.2, -0.15) is 0 Å². The Morgan fingerprint density at radius 2 is 2.05 bits per heavy atom. The maximum atomic E-state index is 4.44. The van der Waals surface area contributed by atoms with Crippen LogP contribution in [0.4, 0.5) is 0 Å². The lowest BCUT2D eigenvalue weighted by atomic mass is 9.84. The molecule has 3 rings (SSSR count). The summed E-state index contributed by atoms with van der Waals surface area (Å²) in [4.78, 5) is 4.44. The van der Waals surface area contributed by atoms with E-state index in [4.69, 9.17) is 0 Å². The molecule has 1 fully saturated rings. The lowest BCUT2D eigenvalue weighted by Crippen LogP contribution is -2.36. The van der Waals surface area contributed by atoms with Gasteiger partial charge >= 0.3 is 0 Å². The fourth-order valence-electron chi connectivity index (χ4n) is 3.40. The topological polar surface area (TPSA) is 29.9 Å². The van der Waals surface area contributed by atoms with E-state index in [2.05, 4.69) is 40.0 Å². The predicted molar refractivity (Wildman–Crippen MR) is 83.8 cm³/mol. The molecule has 20 heavy (non-hydrogen) atoms. The Hall–Kier alpha value is -1.35. The van der Waals surface area contributed by atoms with Crippen molar-refractivity contribution >= 4 is 11.0 Å². The summed E-state index contributed by atoms with van der Waals surface area (Å²) in [5, 5.41) is 3.71. The number of aromatic nitrogens is 2. The molecule has 1 aromatic heterocycles. The molecule has 1 aliphatic rings. The molecule has 1 aromatic carbocycles. The molecule has 0 amide bonds. The average Bonchev–Trinajstić information content (AvgIpc) is 2.92. The van der Waals surface area contributed by atoms with Crippen LogP contribution in [0.3, 0.4) is 0 Å². The predicted octanol–water partition coefficient (Wildman–Crippen LogP) is 3.59. The molecule has 0 aliphatic heterocycles. The van der Waals surface area contributed by atoms with Crippen molar-refractivity contribution in [3.63, 3.8) is 0 Å². The number of benzene rings is 1. The van der Waals surface area contributed by atoms with Crippen molar-refractivity contribution in [2.24, 2.45) is 5.92 Å². The van der Waals surface area contributed by atoms with Gasteiger partial charge in [-0.15, -0.1) is 0 Å². The Balaban J connectivity index is 1.52. The number of nitrogens with zero attached hydrogens (tertiary/aromatic N) is 2. The Morgan fingerprint density at radius 1 is 1.25 bits per heavy atom. The highest BCUT2D eigenvalue weighted by Gasteiger charge is 2.19. The van der Waals surface area contributed by atoms with E-state index < -0.39 is 0 Å². The van der Waals surface area contributed by atoms with Crippen molar-refractivity contribution in [3.05, 3.63) is 30.6 Å². The van der Waals surface area contributed by atoms with Gasteiger partial charge in [-0.25, -0.2) is 4.98 Å². The average molecular weight is 271 g/mol. The second-order valence-corrected chi connectivity index (χ2v) is 6.07. The van der Waals surface area contributed by atoms with E-state index in [0.717, 1.165) is 24.5 Å². The van der Waals surface area contributed by atoms with Gasteiger partial charge < -0.3 is 9.88 Å². The molecule has 0 radical (unpaired) electrons. The summed E-state index contributed by atoms with van der Waals surface area (Å²) in [5.74, 6) is 0.878. The van der Waals surface area contributed by atoms with Gasteiger partial charge in [0, 0.05) is 19.1 Å². The quantitative estimate of drug-likeness (QED) is 0.900. The first kappa shape index (κ1) is 13.6. The van der Waals surface area contributed by atoms with Gasteiger partial charge in [-0.1, -0.05) is 31.4 Å². The molecule has 108 valence electrons. The molecular weight excluding hydrogens is 246 g/mol. The SMILES string of the molecule is CC(NCCn1cnc2ccccc21)C1CCCCC1. The summed E-state index contributed by atoms with van der Waals surface area (Å²) in [6, 6.07) is 8.99. The van der Waals surface area contributed by atoms with Crippen molar-refractivity contribution in [2.75, 3.05) is 6.54 Å². The van der Waals surface area contributed by atoms with Gasteiger partial charge in [0.2, 0.25) is 0 Å². The molecule has 3 nitrogen and oxygen atoms in total. The number of hydrogen-bond acceptors (Lipinski definition) is 2. The first-order valence-electron chi connectivity index (χ1n) is 7.98. The van der Waals surface area contributed by atoms with E-state index in [1.165, 1.54) is 37.6 Å². The van der Waals surface area contributed by atoms with Crippen LogP contribution < -0.4 is 5.32 Å². The standard InChI is InChI=1S/C17H25N3/c1-14(15-7-3-2-4-8-15)18-11-12-20-13-19-16-9-5-6-10-17(16)20/h5-6,9-10,13-15,18H,2-4,7-8,11-12H2,1H3. The summed E-state index contributed by atoms with van der Waals surface area (Å²) in [7, 11) is 0. The lowest BCUT2D eigenvalue weighted by molar-refractivity contribution is 0.280. The van der Waals surface area contributed by atoms with Gasteiger partial charge in [0.15, 0.2) is 0 Å². The van der Waals surface area contributed by atoms with Crippen LogP contribution in [0.25, 0.3) is 11.0 Å². The molecule has 0 spiro atoms. The van der Waals surface area contributed by atoms with E-state index in [0.29, 0.717) is 6.04 Å². The number of rotatable bonds is 5. The molecule has 1 N–H and O–H groups in total. The van der Waals surface area contributed by atoms with Gasteiger partial charge in [-0.3, -0.25) is 0 Å². The minimum atomic E-state index is 0.644. The van der Waals surface area contributed by atoms with Crippen molar-refractivity contribution < 1.29 is 0 Å². The van der Waals surface area contributed by atoms with Crippen LogP contribution in [-0.4, -0.2) is 22.1 Å². The van der Waals surface area contributed by atoms with Gasteiger partial charge in [0.25, 0.3) is 0 Å². The molecule has 0 saturated heterocycles. The Kier molecular flexibility index (Phi) is 4.36. The molecule has 2 aromatic rings. The third kappa shape index (κ3) is 3.04. The summed E-state index contributed by atoms with van der Waals surface area (Å²) in [6.07, 6.45) is 9.04. The largest absolute Gasteiger partial charge is 0.329 e. The van der Waals surface area contributed by atoms with Gasteiger partial charge in [0.1, 0.15) is 0 Å². The third-order valence-electron chi connectivity index (χ3n) is 4.70. The highest BCUT2D eigenvalue weighted by molar-refractivity contribution is 5.74. The van der Waals surface area contributed by atoms with Crippen molar-refractivity contribution in [1.82, 2.24) is 14.9 Å². The van der Waals surface area contributed by atoms with Crippen molar-refractivity contribution in [1.29, 1.82) is 0 Å². The Labute approximate surface area is 121 Å². The summed E-state index contributed by atoms with van der Waals surface area (Å²) in [5.41, 5.74) is 2.33. The first-order chi connectivity index (χ1) is 9.84. The van der Waals surface area contributed by atoms with Crippen molar-refractivity contribution in [2.45, 2.75) is 51.6 Å². The number of para-hydroxylation sites is 2. The molecule has 1 unspecified atom stereocenters. The lowest BCUT2D eigenvalue weighted by Gasteiger charge is -2.28. The molecule has 1 aliphatic carbocycles. The normalized spacial score (nSPS) is 18.4. The van der Waals surface area contributed by atoms with Crippen LogP contribution in [-0.2, 0) is 6.54 Å². The molecular formula is C17H25N3. The highest BCUT2D eigenvalue weighted by Crippen LogP contribution is 2.26. The number of imidazole rings is 1. The second kappa shape index (κ2) is 6.40. The van der Waals surface area contributed by atoms with E-state index >= 15 is 0 Å². The molecule has 1 heterocycles. The maximum absolute atomic E-state index is 4.44. The van der Waals surface area contributed by atoms with Gasteiger partial charge in [-0.05, 0) is 37.8 Å². The van der Waals surface area contributed by atoms with Crippen LogP contribution >= 0.6 is 0 Å². The smallest absolute Gasteiger partial charge is 0.0958 e. The van der Waals surface area contributed by atoms with E-state index in [9.17, 15) is 0 Å². The Morgan fingerprint density at radius 3 is 2.90 bits per heavy atom. The molecule has 1 atom stereocenters. The minimum Gasteiger partial charge on any atom is -0.329 e. The maximum Gasteiger partial charge on any atom is 0.0958 e. The number of fused-ring (bicyclic) bond motifs is 1. The minimum absolute atomic E-state index is 0.644.